The van der Waals surface area contributed by atoms with Gasteiger partial charge in [0.15, 0.2) is 5.78 Å². The predicted octanol–water partition coefficient (Wildman–Crippen LogP) is 3.68. The van der Waals surface area contributed by atoms with Crippen LogP contribution in [0.1, 0.15) is 15.9 Å². The molecule has 0 aliphatic carbocycles. The summed E-state index contributed by atoms with van der Waals surface area (Å²) in [5.41, 5.74) is 2.59. The van der Waals surface area contributed by atoms with Crippen molar-refractivity contribution >= 4 is 29.1 Å². The molecule has 0 radical (unpaired) electrons. The summed E-state index contributed by atoms with van der Waals surface area (Å²) in [6, 6.07) is 14.5. The highest BCUT2D eigenvalue weighted by Gasteiger charge is 2.22. The van der Waals surface area contributed by atoms with Gasteiger partial charge in [0.1, 0.15) is 0 Å². The molecule has 1 aliphatic heterocycles. The third kappa shape index (κ3) is 4.84. The van der Waals surface area contributed by atoms with Gasteiger partial charge in [-0.25, -0.2) is 4.79 Å². The maximum atomic E-state index is 12.4. The van der Waals surface area contributed by atoms with Crippen molar-refractivity contribution < 1.29 is 9.59 Å². The van der Waals surface area contributed by atoms with E-state index >= 15 is 0 Å². The minimum atomic E-state index is -0.128. The third-order valence-electron chi connectivity index (χ3n) is 4.50. The molecule has 2 aromatic carbocycles. The van der Waals surface area contributed by atoms with Gasteiger partial charge in [0.25, 0.3) is 0 Å². The van der Waals surface area contributed by atoms with Gasteiger partial charge in [-0.1, -0.05) is 41.4 Å². The van der Waals surface area contributed by atoms with E-state index in [0.29, 0.717) is 37.7 Å². The Bertz CT molecular complexity index is 767. The van der Waals surface area contributed by atoms with Crippen LogP contribution >= 0.6 is 11.6 Å². The Morgan fingerprint density at radius 1 is 0.962 bits per heavy atom. The fraction of sp³-hybridized carbons (Fsp3) is 0.300. The molecule has 0 saturated carbocycles. The van der Waals surface area contributed by atoms with Gasteiger partial charge in [0.2, 0.25) is 0 Å². The third-order valence-corrected chi connectivity index (χ3v) is 4.75. The molecule has 1 saturated heterocycles. The van der Waals surface area contributed by atoms with Crippen LogP contribution < -0.4 is 5.32 Å². The summed E-state index contributed by atoms with van der Waals surface area (Å²) in [5.74, 6) is 0.115. The zero-order chi connectivity index (χ0) is 18.5. The van der Waals surface area contributed by atoms with Gasteiger partial charge in [-0.2, -0.15) is 0 Å². The maximum absolute atomic E-state index is 12.4. The molecule has 1 heterocycles. The van der Waals surface area contributed by atoms with Crippen LogP contribution in [-0.2, 0) is 0 Å². The Kier molecular flexibility index (Phi) is 5.91. The van der Waals surface area contributed by atoms with Crippen molar-refractivity contribution in [3.05, 3.63) is 64.7 Å². The molecule has 1 fully saturated rings. The number of hydrogen-bond acceptors (Lipinski definition) is 3. The molecule has 5 nitrogen and oxygen atoms in total. The van der Waals surface area contributed by atoms with E-state index in [1.807, 2.05) is 31.2 Å². The first-order valence-corrected chi connectivity index (χ1v) is 9.03. The van der Waals surface area contributed by atoms with E-state index in [4.69, 9.17) is 11.6 Å². The van der Waals surface area contributed by atoms with E-state index in [0.717, 1.165) is 16.8 Å². The lowest BCUT2D eigenvalue weighted by atomic mass is 10.1. The molecule has 3 rings (SSSR count). The highest BCUT2D eigenvalue weighted by Crippen LogP contribution is 2.14. The van der Waals surface area contributed by atoms with E-state index in [1.165, 1.54) is 0 Å². The largest absolute Gasteiger partial charge is 0.322 e. The summed E-state index contributed by atoms with van der Waals surface area (Å²) in [6.45, 7) is 4.96. The first-order valence-electron chi connectivity index (χ1n) is 8.65. The number of benzene rings is 2. The van der Waals surface area contributed by atoms with Crippen LogP contribution in [0.25, 0.3) is 0 Å². The smallest absolute Gasteiger partial charge is 0.321 e. The Balaban J connectivity index is 1.47. The van der Waals surface area contributed by atoms with Gasteiger partial charge in [0.05, 0.1) is 6.54 Å². The van der Waals surface area contributed by atoms with Gasteiger partial charge < -0.3 is 10.2 Å². The summed E-state index contributed by atoms with van der Waals surface area (Å²) in [6.07, 6.45) is 0. The zero-order valence-corrected chi connectivity index (χ0v) is 15.5. The second-order valence-electron chi connectivity index (χ2n) is 6.49. The number of aryl methyl sites for hydroxylation is 1. The maximum Gasteiger partial charge on any atom is 0.321 e. The molecular weight excluding hydrogens is 350 g/mol. The molecule has 0 atom stereocenters. The Morgan fingerprint density at radius 3 is 2.19 bits per heavy atom. The van der Waals surface area contributed by atoms with Crippen LogP contribution in [0, 0.1) is 6.92 Å². The number of halogens is 1. The first-order chi connectivity index (χ1) is 12.5. The number of piperazine rings is 1. The van der Waals surface area contributed by atoms with E-state index < -0.39 is 0 Å². The van der Waals surface area contributed by atoms with Gasteiger partial charge in [-0.3, -0.25) is 9.69 Å². The lowest BCUT2D eigenvalue weighted by molar-refractivity contribution is 0.0884. The van der Waals surface area contributed by atoms with Crippen LogP contribution in [0.15, 0.2) is 48.5 Å². The second-order valence-corrected chi connectivity index (χ2v) is 6.93. The van der Waals surface area contributed by atoms with Gasteiger partial charge in [0, 0.05) is 42.5 Å². The molecule has 6 heteroatoms. The molecule has 2 amide bonds. The number of carbonyl (C=O) groups is 2. The molecule has 2 aromatic rings. The van der Waals surface area contributed by atoms with Gasteiger partial charge in [-0.05, 0) is 31.2 Å². The van der Waals surface area contributed by atoms with Gasteiger partial charge in [-0.15, -0.1) is 0 Å². The Morgan fingerprint density at radius 2 is 1.58 bits per heavy atom. The molecule has 0 unspecified atom stereocenters. The Labute approximate surface area is 158 Å². The number of carbonyl (C=O) groups excluding carboxylic acids is 2. The normalized spacial score (nSPS) is 14.9. The number of urea groups is 1. The molecule has 0 aromatic heterocycles. The summed E-state index contributed by atoms with van der Waals surface area (Å²) in [5, 5.41) is 3.50. The van der Waals surface area contributed by atoms with Crippen LogP contribution in [0.2, 0.25) is 5.02 Å². The van der Waals surface area contributed by atoms with E-state index in [1.54, 1.807) is 29.2 Å². The fourth-order valence-corrected chi connectivity index (χ4v) is 3.00. The SMILES string of the molecule is Cc1ccc(C(=O)CN2CCN(C(=O)Nc3ccc(Cl)cc3)CC2)cc1. The van der Waals surface area contributed by atoms with Crippen molar-refractivity contribution in [3.8, 4) is 0 Å². The van der Waals surface area contributed by atoms with E-state index in [-0.39, 0.29) is 11.8 Å². The quantitative estimate of drug-likeness (QED) is 0.834. The van der Waals surface area contributed by atoms with Crippen molar-refractivity contribution in [2.75, 3.05) is 38.0 Å². The van der Waals surface area contributed by atoms with Crippen LogP contribution in [-0.4, -0.2) is 54.3 Å². The molecule has 26 heavy (non-hydrogen) atoms. The topological polar surface area (TPSA) is 52.7 Å². The second kappa shape index (κ2) is 8.34. The lowest BCUT2D eigenvalue weighted by Crippen LogP contribution is -2.51. The number of rotatable bonds is 4. The van der Waals surface area contributed by atoms with Crippen molar-refractivity contribution in [3.63, 3.8) is 0 Å². The van der Waals surface area contributed by atoms with E-state index in [9.17, 15) is 9.59 Å². The standard InChI is InChI=1S/C20H22ClN3O2/c1-15-2-4-16(5-3-15)19(25)14-23-10-12-24(13-11-23)20(26)22-18-8-6-17(21)7-9-18/h2-9H,10-14H2,1H3,(H,22,26). The van der Waals surface area contributed by atoms with Crippen molar-refractivity contribution in [1.29, 1.82) is 0 Å². The van der Waals surface area contributed by atoms with Crippen molar-refractivity contribution in [2.24, 2.45) is 0 Å². The summed E-state index contributed by atoms with van der Waals surface area (Å²) >= 11 is 5.85. The monoisotopic (exact) mass is 371 g/mol. The molecule has 136 valence electrons. The summed E-state index contributed by atoms with van der Waals surface area (Å²) < 4.78 is 0. The number of amides is 2. The number of hydrogen-bond donors (Lipinski definition) is 1. The van der Waals surface area contributed by atoms with Gasteiger partial charge >= 0.3 is 6.03 Å². The van der Waals surface area contributed by atoms with Crippen LogP contribution in [0.5, 0.6) is 0 Å². The highest BCUT2D eigenvalue weighted by molar-refractivity contribution is 6.30. The molecule has 0 bridgehead atoms. The highest BCUT2D eigenvalue weighted by atomic mass is 35.5. The van der Waals surface area contributed by atoms with Crippen LogP contribution in [0.3, 0.4) is 0 Å². The predicted molar refractivity (Wildman–Crippen MR) is 104 cm³/mol. The average Bonchev–Trinajstić information content (AvgIpc) is 2.64. The molecule has 0 spiro atoms. The number of ketones is 1. The fourth-order valence-electron chi connectivity index (χ4n) is 2.88. The van der Waals surface area contributed by atoms with Crippen LogP contribution in [0.4, 0.5) is 10.5 Å². The van der Waals surface area contributed by atoms with Crippen molar-refractivity contribution in [1.82, 2.24) is 9.80 Å². The molecule has 1 N–H and O–H groups in total. The minimum absolute atomic E-state index is 0.115. The zero-order valence-electron chi connectivity index (χ0n) is 14.7. The minimum Gasteiger partial charge on any atom is -0.322 e. The molecular formula is C20H22ClN3O2. The number of nitrogens with zero attached hydrogens (tertiary/aromatic N) is 2. The Hall–Kier alpha value is -2.37. The molecule has 1 aliphatic rings. The van der Waals surface area contributed by atoms with E-state index in [2.05, 4.69) is 10.2 Å². The summed E-state index contributed by atoms with van der Waals surface area (Å²) in [4.78, 5) is 28.6. The van der Waals surface area contributed by atoms with Crippen molar-refractivity contribution in [2.45, 2.75) is 6.92 Å². The number of Topliss-reactive ketones (excluding diaryl/α,β-unsaturated/α-hetero) is 1. The average molecular weight is 372 g/mol. The number of nitrogens with one attached hydrogen (secondary N) is 1. The lowest BCUT2D eigenvalue weighted by Gasteiger charge is -2.34. The number of anilines is 1. The summed E-state index contributed by atoms with van der Waals surface area (Å²) in [7, 11) is 0. The first kappa shape index (κ1) is 18.4.